The molecule has 5 nitrogen and oxygen atoms in total. The maximum Gasteiger partial charge on any atom is 0.335 e. The third-order valence-corrected chi connectivity index (χ3v) is 3.96. The van der Waals surface area contributed by atoms with E-state index >= 15 is 0 Å². The first-order valence-electron chi connectivity index (χ1n) is 7.61. The lowest BCUT2D eigenvalue weighted by atomic mass is 10.1. The van der Waals surface area contributed by atoms with Crippen molar-refractivity contribution < 1.29 is 14.6 Å². The first-order valence-corrected chi connectivity index (χ1v) is 7.61. The van der Waals surface area contributed by atoms with Crippen molar-refractivity contribution in [2.24, 2.45) is 0 Å². The second kappa shape index (κ2) is 8.00. The Morgan fingerprint density at radius 1 is 1.43 bits per heavy atom. The summed E-state index contributed by atoms with van der Waals surface area (Å²) in [6.45, 7) is 6.82. The van der Waals surface area contributed by atoms with Gasteiger partial charge in [-0.3, -0.25) is 4.90 Å². The number of ether oxygens (including phenoxy) is 1. The third-order valence-electron chi connectivity index (χ3n) is 3.96. The van der Waals surface area contributed by atoms with E-state index in [9.17, 15) is 4.79 Å². The average molecular weight is 292 g/mol. The van der Waals surface area contributed by atoms with Crippen molar-refractivity contribution in [1.29, 1.82) is 0 Å². The van der Waals surface area contributed by atoms with Crippen LogP contribution in [0.1, 0.15) is 30.1 Å². The molecule has 116 valence electrons. The molecule has 1 aliphatic heterocycles. The van der Waals surface area contributed by atoms with Gasteiger partial charge >= 0.3 is 5.97 Å². The number of hydrogen-bond acceptors (Lipinski definition) is 4. The predicted molar refractivity (Wildman–Crippen MR) is 82.0 cm³/mol. The summed E-state index contributed by atoms with van der Waals surface area (Å²) in [5.41, 5.74) is 0.262. The molecule has 1 aromatic carbocycles. The number of carboxylic acid groups (broad SMARTS) is 1. The van der Waals surface area contributed by atoms with Crippen LogP contribution in [0.5, 0.6) is 5.75 Å². The summed E-state index contributed by atoms with van der Waals surface area (Å²) in [5.74, 6) is -0.304. The number of hydrogen-bond donors (Lipinski definition) is 2. The van der Waals surface area contributed by atoms with Gasteiger partial charge in [0.2, 0.25) is 0 Å². The lowest BCUT2D eigenvalue weighted by Crippen LogP contribution is -2.44. The summed E-state index contributed by atoms with van der Waals surface area (Å²) >= 11 is 0. The number of aromatic carboxylic acids is 1. The molecule has 1 aliphatic rings. The van der Waals surface area contributed by atoms with Crippen molar-refractivity contribution in [2.45, 2.75) is 25.8 Å². The van der Waals surface area contributed by atoms with Crippen LogP contribution in [0, 0.1) is 0 Å². The van der Waals surface area contributed by atoms with Crippen LogP contribution >= 0.6 is 0 Å². The molecule has 0 radical (unpaired) electrons. The fourth-order valence-corrected chi connectivity index (χ4v) is 2.77. The summed E-state index contributed by atoms with van der Waals surface area (Å²) in [6.07, 6.45) is 2.37. The fourth-order valence-electron chi connectivity index (χ4n) is 2.77. The Bertz CT molecular complexity index is 459. The Morgan fingerprint density at radius 3 is 2.86 bits per heavy atom. The number of piperidine rings is 1. The van der Waals surface area contributed by atoms with Gasteiger partial charge < -0.3 is 15.2 Å². The van der Waals surface area contributed by atoms with Crippen LogP contribution in [-0.4, -0.2) is 54.8 Å². The first-order chi connectivity index (χ1) is 10.2. The highest BCUT2D eigenvalue weighted by Crippen LogP contribution is 2.15. The summed E-state index contributed by atoms with van der Waals surface area (Å²) in [5, 5.41) is 12.3. The predicted octanol–water partition coefficient (Wildman–Crippen LogP) is 1.84. The Labute approximate surface area is 125 Å². The fraction of sp³-hybridized carbons (Fsp3) is 0.562. The van der Waals surface area contributed by atoms with E-state index in [1.165, 1.54) is 12.8 Å². The molecule has 0 spiro atoms. The number of rotatable bonds is 7. The maximum absolute atomic E-state index is 10.9. The highest BCUT2D eigenvalue weighted by molar-refractivity contribution is 5.87. The molecule has 2 rings (SSSR count). The van der Waals surface area contributed by atoms with Gasteiger partial charge in [0, 0.05) is 12.6 Å². The van der Waals surface area contributed by atoms with Gasteiger partial charge in [0.1, 0.15) is 12.4 Å². The molecule has 1 fully saturated rings. The van der Waals surface area contributed by atoms with E-state index in [0.29, 0.717) is 18.4 Å². The molecule has 0 aromatic heterocycles. The molecule has 0 aliphatic carbocycles. The van der Waals surface area contributed by atoms with Crippen molar-refractivity contribution >= 4 is 5.97 Å². The minimum atomic E-state index is -0.926. The third kappa shape index (κ3) is 4.72. The van der Waals surface area contributed by atoms with Gasteiger partial charge in [-0.25, -0.2) is 4.79 Å². The van der Waals surface area contributed by atoms with E-state index in [0.717, 1.165) is 26.2 Å². The van der Waals surface area contributed by atoms with Crippen LogP contribution in [0.3, 0.4) is 0 Å². The van der Waals surface area contributed by atoms with Crippen molar-refractivity contribution in [2.75, 3.05) is 32.8 Å². The second-order valence-electron chi connectivity index (χ2n) is 5.29. The van der Waals surface area contributed by atoms with E-state index in [1.807, 2.05) is 0 Å². The van der Waals surface area contributed by atoms with Gasteiger partial charge in [0.05, 0.1) is 5.56 Å². The summed E-state index contributed by atoms with van der Waals surface area (Å²) in [4.78, 5) is 13.4. The topological polar surface area (TPSA) is 61.8 Å². The molecule has 0 saturated carbocycles. The highest BCUT2D eigenvalue weighted by atomic mass is 16.5. The zero-order valence-corrected chi connectivity index (χ0v) is 12.5. The van der Waals surface area contributed by atoms with Crippen LogP contribution in [0.2, 0.25) is 0 Å². The quantitative estimate of drug-likeness (QED) is 0.803. The number of carboxylic acids is 1. The van der Waals surface area contributed by atoms with E-state index in [4.69, 9.17) is 9.84 Å². The van der Waals surface area contributed by atoms with Crippen molar-refractivity contribution in [3.05, 3.63) is 29.8 Å². The molecular formula is C16H24N2O3. The van der Waals surface area contributed by atoms with Crippen LogP contribution in [-0.2, 0) is 0 Å². The molecule has 0 amide bonds. The van der Waals surface area contributed by atoms with Gasteiger partial charge in [-0.2, -0.15) is 0 Å². The Kier molecular flexibility index (Phi) is 6.02. The normalized spacial score (nSPS) is 16.1. The van der Waals surface area contributed by atoms with Gasteiger partial charge in [0.15, 0.2) is 0 Å². The highest BCUT2D eigenvalue weighted by Gasteiger charge is 2.19. The molecule has 2 N–H and O–H groups in total. The van der Waals surface area contributed by atoms with E-state index < -0.39 is 5.97 Å². The van der Waals surface area contributed by atoms with Gasteiger partial charge in [-0.15, -0.1) is 0 Å². The average Bonchev–Trinajstić information content (AvgIpc) is 2.53. The number of benzene rings is 1. The zero-order chi connectivity index (χ0) is 15.1. The van der Waals surface area contributed by atoms with Crippen LogP contribution in [0.4, 0.5) is 0 Å². The lowest BCUT2D eigenvalue weighted by Gasteiger charge is -2.33. The Hall–Kier alpha value is -1.59. The molecule has 1 heterocycles. The minimum absolute atomic E-state index is 0.262. The molecule has 0 unspecified atom stereocenters. The largest absolute Gasteiger partial charge is 0.492 e. The summed E-state index contributed by atoms with van der Waals surface area (Å²) < 4.78 is 5.70. The first kappa shape index (κ1) is 15.8. The monoisotopic (exact) mass is 292 g/mol. The summed E-state index contributed by atoms with van der Waals surface area (Å²) in [6, 6.07) is 7.28. The van der Waals surface area contributed by atoms with Gasteiger partial charge in [-0.1, -0.05) is 13.0 Å². The van der Waals surface area contributed by atoms with Crippen molar-refractivity contribution in [3.63, 3.8) is 0 Å². The van der Waals surface area contributed by atoms with E-state index in [2.05, 4.69) is 17.1 Å². The number of nitrogens with zero attached hydrogens (tertiary/aromatic N) is 1. The molecule has 0 atom stereocenters. The van der Waals surface area contributed by atoms with Crippen LogP contribution < -0.4 is 10.1 Å². The number of nitrogens with one attached hydrogen (secondary N) is 1. The Morgan fingerprint density at radius 2 is 2.19 bits per heavy atom. The van der Waals surface area contributed by atoms with Crippen molar-refractivity contribution in [1.82, 2.24) is 10.2 Å². The molecule has 5 heteroatoms. The summed E-state index contributed by atoms with van der Waals surface area (Å²) in [7, 11) is 0. The van der Waals surface area contributed by atoms with Crippen molar-refractivity contribution in [3.8, 4) is 5.75 Å². The molecular weight excluding hydrogens is 268 g/mol. The maximum atomic E-state index is 10.9. The van der Waals surface area contributed by atoms with E-state index in [1.54, 1.807) is 24.3 Å². The zero-order valence-electron chi connectivity index (χ0n) is 12.5. The SMILES string of the molecule is CCN(CCOc1cccc(C(=O)O)c1)C1CCNCC1. The van der Waals surface area contributed by atoms with Gasteiger partial charge in [-0.05, 0) is 50.7 Å². The smallest absolute Gasteiger partial charge is 0.335 e. The van der Waals surface area contributed by atoms with Gasteiger partial charge in [0.25, 0.3) is 0 Å². The number of carbonyl (C=O) groups is 1. The van der Waals surface area contributed by atoms with Crippen LogP contribution in [0.15, 0.2) is 24.3 Å². The second-order valence-corrected chi connectivity index (χ2v) is 5.29. The Balaban J connectivity index is 1.82. The molecule has 21 heavy (non-hydrogen) atoms. The standard InChI is InChI=1S/C16H24N2O3/c1-2-18(14-6-8-17-9-7-14)10-11-21-15-5-3-4-13(12-15)16(19)20/h3-5,12,14,17H,2,6-11H2,1H3,(H,19,20). The molecule has 1 saturated heterocycles. The van der Waals surface area contributed by atoms with E-state index in [-0.39, 0.29) is 5.56 Å². The number of likely N-dealkylation sites (N-methyl/N-ethyl adjacent to an activating group) is 1. The molecule has 1 aromatic rings. The van der Waals surface area contributed by atoms with Crippen LogP contribution in [0.25, 0.3) is 0 Å². The molecule has 0 bridgehead atoms. The minimum Gasteiger partial charge on any atom is -0.492 e. The lowest BCUT2D eigenvalue weighted by molar-refractivity contribution is 0.0696.